The van der Waals surface area contributed by atoms with Crippen LogP contribution in [-0.4, -0.2) is 32.8 Å². The van der Waals surface area contributed by atoms with Crippen molar-refractivity contribution >= 4 is 11.7 Å². The van der Waals surface area contributed by atoms with Gasteiger partial charge in [0.15, 0.2) is 0 Å². The quantitative estimate of drug-likeness (QED) is 0.155. The van der Waals surface area contributed by atoms with E-state index in [2.05, 4.69) is 73.9 Å². The molecule has 0 unspecified atom stereocenters. The van der Waals surface area contributed by atoms with Crippen LogP contribution < -0.4 is 5.32 Å². The van der Waals surface area contributed by atoms with E-state index >= 15 is 0 Å². The summed E-state index contributed by atoms with van der Waals surface area (Å²) in [4.78, 5) is 12.4. The first kappa shape index (κ1) is 26.2. The van der Waals surface area contributed by atoms with Gasteiger partial charge in [-0.2, -0.15) is 0 Å². The molecule has 1 fully saturated rings. The zero-order valence-corrected chi connectivity index (χ0v) is 21.2. The summed E-state index contributed by atoms with van der Waals surface area (Å²) >= 11 is 0. The summed E-state index contributed by atoms with van der Waals surface area (Å²) in [5.41, 5.74) is 6.12. The van der Waals surface area contributed by atoms with E-state index in [0.717, 1.165) is 71.5 Å². The molecule has 1 aliphatic carbocycles. The highest BCUT2D eigenvalue weighted by molar-refractivity contribution is 5.87. The molecule has 4 nitrogen and oxygen atoms in total. The molecule has 0 amide bonds. The number of hydrogen-bond acceptors (Lipinski definition) is 4. The van der Waals surface area contributed by atoms with E-state index in [1.54, 1.807) is 13.2 Å². The number of carbonyl (C=O) groups is 1. The lowest BCUT2D eigenvalue weighted by atomic mass is 9.93. The molecule has 1 N–H and O–H groups in total. The first-order valence-electron chi connectivity index (χ1n) is 12.2. The lowest BCUT2D eigenvalue weighted by Gasteiger charge is -2.15. The molecule has 2 aromatic carbocycles. The fourth-order valence-corrected chi connectivity index (χ4v) is 4.23. The Morgan fingerprint density at radius 1 is 1.09 bits per heavy atom. The standard InChI is InChI=1S/C31H37NO3/c1-6-8-9-23(3)18-21-32-22-24(4)29(34-5)27-12-10-25(11-13-27)26-14-16-28(17-15-26)31(19-20-31)30(33)35-7-2/h6,8-17,32H,1,3,7,18-22H2,2,4-5H3. The molecule has 1 aliphatic rings. The van der Waals surface area contributed by atoms with E-state index in [0.29, 0.717) is 6.61 Å². The summed E-state index contributed by atoms with van der Waals surface area (Å²) in [5.74, 6) is 0.783. The molecule has 4 heteroatoms. The fraction of sp³-hybridized carbons (Fsp3) is 0.323. The number of carbonyl (C=O) groups excluding carboxylic acids is 1. The normalized spacial score (nSPS) is 14.8. The molecule has 0 bridgehead atoms. The lowest BCUT2D eigenvalue weighted by Crippen LogP contribution is -2.23. The first-order chi connectivity index (χ1) is 16.9. The van der Waals surface area contributed by atoms with Gasteiger partial charge in [-0.05, 0) is 61.9 Å². The van der Waals surface area contributed by atoms with Crippen molar-refractivity contribution in [2.45, 2.75) is 38.5 Å². The van der Waals surface area contributed by atoms with Gasteiger partial charge in [0.2, 0.25) is 0 Å². The Hall–Kier alpha value is -3.37. The third-order valence-electron chi connectivity index (χ3n) is 6.41. The van der Waals surface area contributed by atoms with Gasteiger partial charge in [-0.15, -0.1) is 0 Å². The number of nitrogens with one attached hydrogen (secondary N) is 1. The number of esters is 1. The van der Waals surface area contributed by atoms with Crippen LogP contribution in [0.15, 0.2) is 91.1 Å². The molecule has 0 atom stereocenters. The van der Waals surface area contributed by atoms with Crippen molar-refractivity contribution in [2.75, 3.05) is 26.8 Å². The minimum Gasteiger partial charge on any atom is -0.496 e. The van der Waals surface area contributed by atoms with Gasteiger partial charge in [0.25, 0.3) is 0 Å². The Kier molecular flexibility index (Phi) is 9.27. The van der Waals surface area contributed by atoms with Gasteiger partial charge < -0.3 is 14.8 Å². The van der Waals surface area contributed by atoms with E-state index in [-0.39, 0.29) is 5.97 Å². The first-order valence-corrected chi connectivity index (χ1v) is 12.2. The maximum absolute atomic E-state index is 12.4. The highest BCUT2D eigenvalue weighted by Gasteiger charge is 2.52. The van der Waals surface area contributed by atoms with Gasteiger partial charge in [0, 0.05) is 12.1 Å². The number of benzene rings is 2. The molecule has 0 aromatic heterocycles. The lowest BCUT2D eigenvalue weighted by molar-refractivity contribution is -0.146. The van der Waals surface area contributed by atoms with Crippen molar-refractivity contribution in [1.29, 1.82) is 0 Å². The largest absolute Gasteiger partial charge is 0.496 e. The molecule has 184 valence electrons. The Morgan fingerprint density at radius 3 is 2.26 bits per heavy atom. The van der Waals surface area contributed by atoms with Crippen LogP contribution in [0.4, 0.5) is 0 Å². The molecule has 35 heavy (non-hydrogen) atoms. The molecule has 3 rings (SSSR count). The van der Waals surface area contributed by atoms with Gasteiger partial charge in [-0.25, -0.2) is 0 Å². The average Bonchev–Trinajstić information content (AvgIpc) is 3.69. The predicted octanol–water partition coefficient (Wildman–Crippen LogP) is 6.60. The second-order valence-electron chi connectivity index (χ2n) is 8.95. The Labute approximate surface area is 210 Å². The van der Waals surface area contributed by atoms with E-state index in [1.807, 2.05) is 19.1 Å². The van der Waals surface area contributed by atoms with Crippen LogP contribution in [0.5, 0.6) is 0 Å². The molecule has 0 heterocycles. The fourth-order valence-electron chi connectivity index (χ4n) is 4.23. The molecule has 0 radical (unpaired) electrons. The van der Waals surface area contributed by atoms with E-state index < -0.39 is 5.41 Å². The zero-order chi connectivity index (χ0) is 25.3. The van der Waals surface area contributed by atoms with E-state index in [4.69, 9.17) is 9.47 Å². The van der Waals surface area contributed by atoms with Crippen LogP contribution in [0.2, 0.25) is 0 Å². The Bertz CT molecular complexity index is 1090. The number of ether oxygens (including phenoxy) is 2. The molecule has 0 spiro atoms. The van der Waals surface area contributed by atoms with Gasteiger partial charge in [0.1, 0.15) is 5.76 Å². The maximum Gasteiger partial charge on any atom is 0.316 e. The Morgan fingerprint density at radius 2 is 1.71 bits per heavy atom. The number of methoxy groups -OCH3 is 1. The summed E-state index contributed by atoms with van der Waals surface area (Å²) < 4.78 is 11.0. The second-order valence-corrected chi connectivity index (χ2v) is 8.95. The summed E-state index contributed by atoms with van der Waals surface area (Å²) in [5, 5.41) is 3.46. The van der Waals surface area contributed by atoms with Crippen molar-refractivity contribution in [3.63, 3.8) is 0 Å². The van der Waals surface area contributed by atoms with Crippen LogP contribution in [0, 0.1) is 0 Å². The Balaban J connectivity index is 1.63. The molecular formula is C31H37NO3. The van der Waals surface area contributed by atoms with E-state index in [1.165, 1.54) is 0 Å². The summed E-state index contributed by atoms with van der Waals surface area (Å²) in [6.45, 7) is 13.7. The van der Waals surface area contributed by atoms with Crippen LogP contribution in [0.3, 0.4) is 0 Å². The molecule has 2 aromatic rings. The van der Waals surface area contributed by atoms with Gasteiger partial charge in [-0.1, -0.05) is 85.5 Å². The zero-order valence-electron chi connectivity index (χ0n) is 21.2. The van der Waals surface area contributed by atoms with Crippen LogP contribution >= 0.6 is 0 Å². The monoisotopic (exact) mass is 471 g/mol. The topological polar surface area (TPSA) is 47.6 Å². The minimum absolute atomic E-state index is 0.102. The van der Waals surface area contributed by atoms with Crippen molar-refractivity contribution in [3.05, 3.63) is 102 Å². The predicted molar refractivity (Wildman–Crippen MR) is 145 cm³/mol. The molecule has 0 saturated heterocycles. The van der Waals surface area contributed by atoms with Crippen LogP contribution in [0.25, 0.3) is 16.9 Å². The number of hydrogen-bond donors (Lipinski definition) is 1. The third-order valence-corrected chi connectivity index (χ3v) is 6.41. The van der Waals surface area contributed by atoms with E-state index in [9.17, 15) is 4.79 Å². The third kappa shape index (κ3) is 6.61. The summed E-state index contributed by atoms with van der Waals surface area (Å²) in [6, 6.07) is 16.7. The van der Waals surface area contributed by atoms with Crippen LogP contribution in [0.1, 0.15) is 44.2 Å². The summed E-state index contributed by atoms with van der Waals surface area (Å²) in [6.07, 6.45) is 8.25. The van der Waals surface area contributed by atoms with Crippen molar-refractivity contribution in [3.8, 4) is 11.1 Å². The summed E-state index contributed by atoms with van der Waals surface area (Å²) in [7, 11) is 1.71. The highest BCUT2D eigenvalue weighted by Crippen LogP contribution is 2.49. The molecule has 0 aliphatic heterocycles. The van der Waals surface area contributed by atoms with Crippen molar-refractivity contribution < 1.29 is 14.3 Å². The van der Waals surface area contributed by atoms with Crippen LogP contribution in [-0.2, 0) is 19.7 Å². The second kappa shape index (κ2) is 12.4. The number of allylic oxidation sites excluding steroid dienone is 3. The average molecular weight is 472 g/mol. The smallest absolute Gasteiger partial charge is 0.316 e. The van der Waals surface area contributed by atoms with Gasteiger partial charge in [-0.3, -0.25) is 4.79 Å². The minimum atomic E-state index is -0.433. The SMILES string of the molecule is C=CC=CC(=C)CCNCC(C)=C(OC)c1ccc(-c2ccc(C3(C(=O)OCC)CC3)cc2)cc1. The maximum atomic E-state index is 12.4. The van der Waals surface area contributed by atoms with Gasteiger partial charge in [0.05, 0.1) is 19.1 Å². The molecular weight excluding hydrogens is 434 g/mol. The van der Waals surface area contributed by atoms with Gasteiger partial charge >= 0.3 is 5.97 Å². The highest BCUT2D eigenvalue weighted by atomic mass is 16.5. The number of rotatable bonds is 13. The van der Waals surface area contributed by atoms with Crippen molar-refractivity contribution in [2.24, 2.45) is 0 Å². The molecule has 1 saturated carbocycles. The van der Waals surface area contributed by atoms with Crippen molar-refractivity contribution in [1.82, 2.24) is 5.32 Å².